The van der Waals surface area contributed by atoms with E-state index in [1.807, 2.05) is 0 Å². The normalized spacial score (nSPS) is 11.2. The highest BCUT2D eigenvalue weighted by Gasteiger charge is 2.17. The van der Waals surface area contributed by atoms with Gasteiger partial charge in [0, 0.05) is 13.2 Å². The van der Waals surface area contributed by atoms with Gasteiger partial charge in [-0.05, 0) is 6.07 Å². The quantitative estimate of drug-likeness (QED) is 0.606. The molecule has 0 aliphatic carbocycles. The van der Waals surface area contributed by atoms with Gasteiger partial charge in [0.1, 0.15) is 17.1 Å². The molecule has 0 radical (unpaired) electrons. The Morgan fingerprint density at radius 3 is 2.53 bits per heavy atom. The van der Waals surface area contributed by atoms with Crippen LogP contribution in [-0.4, -0.2) is 36.5 Å². The number of rotatable bonds is 4. The van der Waals surface area contributed by atoms with Gasteiger partial charge in [-0.25, -0.2) is 13.6 Å². The predicted octanol–water partition coefficient (Wildman–Crippen LogP) is -1.51. The molecule has 0 unspecified atom stereocenters. The molecule has 9 heteroatoms. The van der Waals surface area contributed by atoms with Crippen LogP contribution in [0.15, 0.2) is 17.2 Å². The van der Waals surface area contributed by atoms with Crippen molar-refractivity contribution in [2.45, 2.75) is 4.90 Å². The first kappa shape index (κ1) is 13.2. The Balaban J connectivity index is 2.96. The lowest BCUT2D eigenvalue weighted by molar-refractivity contribution is -0.135. The first-order chi connectivity index (χ1) is 7.71. The predicted molar refractivity (Wildman–Crippen MR) is 56.8 cm³/mol. The maximum atomic E-state index is 11.5. The molecule has 17 heavy (non-hydrogen) atoms. The Kier molecular flexibility index (Phi) is 3.53. The zero-order chi connectivity index (χ0) is 13.2. The van der Waals surface area contributed by atoms with Gasteiger partial charge in [0.05, 0.1) is 0 Å². The molecule has 1 rings (SSSR count). The van der Waals surface area contributed by atoms with E-state index in [2.05, 4.69) is 5.32 Å². The zero-order valence-corrected chi connectivity index (χ0v) is 9.69. The van der Waals surface area contributed by atoms with Gasteiger partial charge in [-0.15, -0.1) is 0 Å². The molecule has 0 aliphatic heterocycles. The second kappa shape index (κ2) is 4.55. The number of carboxylic acid groups (broad SMARTS) is 1. The smallest absolute Gasteiger partial charge is 0.322 e. The summed E-state index contributed by atoms with van der Waals surface area (Å²) in [6.07, 6.45) is 1.17. The van der Waals surface area contributed by atoms with Crippen molar-refractivity contribution >= 4 is 21.9 Å². The summed E-state index contributed by atoms with van der Waals surface area (Å²) < 4.78 is 23.3. The number of carbonyl (C=O) groups is 2. The molecular weight excluding hydrogens is 250 g/mol. The summed E-state index contributed by atoms with van der Waals surface area (Å²) in [5.74, 6) is -1.89. The van der Waals surface area contributed by atoms with Crippen LogP contribution < -0.4 is 10.5 Å². The van der Waals surface area contributed by atoms with E-state index in [4.69, 9.17) is 10.2 Å². The van der Waals surface area contributed by atoms with Crippen LogP contribution >= 0.6 is 0 Å². The van der Waals surface area contributed by atoms with Gasteiger partial charge in [-0.2, -0.15) is 0 Å². The van der Waals surface area contributed by atoms with Gasteiger partial charge in [0.15, 0.2) is 0 Å². The van der Waals surface area contributed by atoms with Gasteiger partial charge >= 0.3 is 5.97 Å². The molecule has 8 nitrogen and oxygen atoms in total. The van der Waals surface area contributed by atoms with E-state index < -0.39 is 28.4 Å². The van der Waals surface area contributed by atoms with Gasteiger partial charge in [-0.3, -0.25) is 9.59 Å². The van der Waals surface area contributed by atoms with E-state index in [1.54, 1.807) is 0 Å². The van der Waals surface area contributed by atoms with E-state index in [0.29, 0.717) is 0 Å². The average Bonchev–Trinajstić information content (AvgIpc) is 2.56. The van der Waals surface area contributed by atoms with E-state index in [9.17, 15) is 18.0 Å². The molecule has 1 aromatic rings. The molecule has 0 atom stereocenters. The highest BCUT2D eigenvalue weighted by molar-refractivity contribution is 7.89. The minimum absolute atomic E-state index is 0.00951. The van der Waals surface area contributed by atoms with Crippen molar-refractivity contribution < 1.29 is 23.1 Å². The summed E-state index contributed by atoms with van der Waals surface area (Å²) >= 11 is 0. The van der Waals surface area contributed by atoms with E-state index in [0.717, 1.165) is 6.07 Å². The summed E-state index contributed by atoms with van der Waals surface area (Å²) in [4.78, 5) is 21.5. The lowest BCUT2D eigenvalue weighted by Gasteiger charge is -2.02. The molecular formula is C8H11N3O5S. The lowest BCUT2D eigenvalue weighted by Crippen LogP contribution is -2.30. The third-order valence-electron chi connectivity index (χ3n) is 1.94. The van der Waals surface area contributed by atoms with Crippen LogP contribution in [0.25, 0.3) is 0 Å². The minimum Gasteiger partial charge on any atom is -0.480 e. The lowest BCUT2D eigenvalue weighted by atomic mass is 10.4. The molecule has 0 aromatic carbocycles. The second-order valence-corrected chi connectivity index (χ2v) is 4.85. The van der Waals surface area contributed by atoms with Crippen LogP contribution in [0.1, 0.15) is 10.5 Å². The number of hydrogen-bond acceptors (Lipinski definition) is 4. The zero-order valence-electron chi connectivity index (χ0n) is 8.87. The maximum Gasteiger partial charge on any atom is 0.322 e. The monoisotopic (exact) mass is 261 g/mol. The third-order valence-corrected chi connectivity index (χ3v) is 2.82. The van der Waals surface area contributed by atoms with Crippen molar-refractivity contribution in [1.29, 1.82) is 0 Å². The van der Waals surface area contributed by atoms with Crippen molar-refractivity contribution in [2.75, 3.05) is 6.54 Å². The minimum atomic E-state index is -3.89. The number of aryl methyl sites for hydroxylation is 1. The van der Waals surface area contributed by atoms with Crippen molar-refractivity contribution in [1.82, 2.24) is 9.88 Å². The summed E-state index contributed by atoms with van der Waals surface area (Å²) in [5, 5.41) is 15.4. The molecule has 0 fully saturated rings. The molecule has 1 aromatic heterocycles. The molecule has 94 valence electrons. The Morgan fingerprint density at radius 1 is 1.53 bits per heavy atom. The number of aliphatic carboxylic acids is 1. The molecule has 1 amide bonds. The maximum absolute atomic E-state index is 11.5. The van der Waals surface area contributed by atoms with Crippen LogP contribution in [0.4, 0.5) is 0 Å². The van der Waals surface area contributed by atoms with Gasteiger partial charge in [0.2, 0.25) is 10.0 Å². The first-order valence-electron chi connectivity index (χ1n) is 4.41. The highest BCUT2D eigenvalue weighted by Crippen LogP contribution is 2.11. The molecule has 0 saturated carbocycles. The highest BCUT2D eigenvalue weighted by atomic mass is 32.2. The number of carbonyl (C=O) groups excluding carboxylic acids is 1. The molecule has 4 N–H and O–H groups in total. The number of sulfonamides is 1. The fraction of sp³-hybridized carbons (Fsp3) is 0.250. The number of hydrogen-bond donors (Lipinski definition) is 3. The second-order valence-electron chi connectivity index (χ2n) is 3.29. The fourth-order valence-corrected chi connectivity index (χ4v) is 1.74. The molecule has 0 aliphatic rings. The Morgan fingerprint density at radius 2 is 2.12 bits per heavy atom. The van der Waals surface area contributed by atoms with E-state index >= 15 is 0 Å². The molecule has 0 bridgehead atoms. The van der Waals surface area contributed by atoms with Crippen LogP contribution in [0.3, 0.4) is 0 Å². The summed E-state index contributed by atoms with van der Waals surface area (Å²) in [5.41, 5.74) is 0.00951. The summed E-state index contributed by atoms with van der Waals surface area (Å²) in [6.45, 7) is -0.547. The Bertz CT molecular complexity index is 560. The standard InChI is InChI=1S/C8H11N3O5S/c1-11-4-5(17(9,15)16)2-6(11)8(14)10-3-7(12)13/h2,4H,3H2,1H3,(H,10,14)(H,12,13)(H2,9,15,16). The average molecular weight is 261 g/mol. The number of amides is 1. The van der Waals surface area contributed by atoms with Crippen LogP contribution in [0.5, 0.6) is 0 Å². The van der Waals surface area contributed by atoms with Crippen molar-refractivity contribution in [3.8, 4) is 0 Å². The number of aromatic nitrogens is 1. The Labute approximate surface area is 97.1 Å². The van der Waals surface area contributed by atoms with Crippen molar-refractivity contribution in [2.24, 2.45) is 12.2 Å². The van der Waals surface area contributed by atoms with Crippen LogP contribution in [0, 0.1) is 0 Å². The van der Waals surface area contributed by atoms with Gasteiger partial charge in [0.25, 0.3) is 5.91 Å². The largest absolute Gasteiger partial charge is 0.480 e. The van der Waals surface area contributed by atoms with E-state index in [-0.39, 0.29) is 10.6 Å². The topological polar surface area (TPSA) is 131 Å². The number of nitrogens with zero attached hydrogens (tertiary/aromatic N) is 1. The van der Waals surface area contributed by atoms with Gasteiger partial charge in [-0.1, -0.05) is 0 Å². The van der Waals surface area contributed by atoms with E-state index in [1.165, 1.54) is 17.8 Å². The number of carboxylic acids is 1. The molecule has 0 saturated heterocycles. The van der Waals surface area contributed by atoms with Crippen LogP contribution in [0.2, 0.25) is 0 Å². The Hall–Kier alpha value is -1.87. The number of nitrogens with one attached hydrogen (secondary N) is 1. The van der Waals surface area contributed by atoms with Gasteiger partial charge < -0.3 is 15.0 Å². The summed E-state index contributed by atoms with van der Waals surface area (Å²) in [7, 11) is -2.44. The number of primary sulfonamides is 1. The molecule has 0 spiro atoms. The van der Waals surface area contributed by atoms with Crippen LogP contribution in [-0.2, 0) is 21.9 Å². The third kappa shape index (κ3) is 3.29. The van der Waals surface area contributed by atoms with Crippen molar-refractivity contribution in [3.05, 3.63) is 18.0 Å². The van der Waals surface area contributed by atoms with Crippen molar-refractivity contribution in [3.63, 3.8) is 0 Å². The summed E-state index contributed by atoms with van der Waals surface area (Å²) in [6, 6.07) is 1.08. The first-order valence-corrected chi connectivity index (χ1v) is 5.95. The fourth-order valence-electron chi connectivity index (χ4n) is 1.16. The number of nitrogens with two attached hydrogens (primary N) is 1. The SMILES string of the molecule is Cn1cc(S(N)(=O)=O)cc1C(=O)NCC(=O)O. The molecule has 1 heterocycles.